The molecule has 1 aliphatic heterocycles. The molecular formula is C12H22N2O3. The third-order valence-electron chi connectivity index (χ3n) is 3.55. The van der Waals surface area contributed by atoms with Crippen molar-refractivity contribution in [3.8, 4) is 0 Å². The summed E-state index contributed by atoms with van der Waals surface area (Å²) < 4.78 is 0. The summed E-state index contributed by atoms with van der Waals surface area (Å²) in [5, 5.41) is 8.75. The molecule has 2 unspecified atom stereocenters. The number of amides is 1. The zero-order valence-corrected chi connectivity index (χ0v) is 10.8. The van der Waals surface area contributed by atoms with Crippen molar-refractivity contribution in [1.29, 1.82) is 0 Å². The van der Waals surface area contributed by atoms with Gasteiger partial charge in [0.05, 0.1) is 6.54 Å². The van der Waals surface area contributed by atoms with Crippen molar-refractivity contribution in [2.45, 2.75) is 45.2 Å². The quantitative estimate of drug-likeness (QED) is 0.774. The summed E-state index contributed by atoms with van der Waals surface area (Å²) in [5.74, 6) is -0.648. The summed E-state index contributed by atoms with van der Waals surface area (Å²) in [4.78, 5) is 26.2. The van der Waals surface area contributed by atoms with Crippen LogP contribution in [0.25, 0.3) is 0 Å². The minimum absolute atomic E-state index is 0.122. The fraction of sp³-hybridized carbons (Fsp3) is 0.833. The van der Waals surface area contributed by atoms with Crippen LogP contribution in [0.1, 0.15) is 33.1 Å². The normalized spacial score (nSPS) is 23.8. The summed E-state index contributed by atoms with van der Waals surface area (Å²) in [6, 6.07) is 0.496. The molecule has 0 aliphatic carbocycles. The van der Waals surface area contributed by atoms with Crippen LogP contribution >= 0.6 is 0 Å². The van der Waals surface area contributed by atoms with Crippen molar-refractivity contribution in [3.05, 3.63) is 0 Å². The standard InChI is InChI=1S/C12H22N2O3/c1-4-9(2)14-8-11(15)13(3)7-10(14)5-6-12(16)17/h9-10H,4-8H2,1-3H3,(H,16,17). The highest BCUT2D eigenvalue weighted by Crippen LogP contribution is 2.18. The molecule has 0 aromatic carbocycles. The van der Waals surface area contributed by atoms with Gasteiger partial charge < -0.3 is 10.0 Å². The van der Waals surface area contributed by atoms with Crippen LogP contribution in [0.2, 0.25) is 0 Å². The molecule has 0 saturated carbocycles. The number of rotatable bonds is 5. The predicted octanol–water partition coefficient (Wildman–Crippen LogP) is 0.792. The molecule has 1 aliphatic rings. The van der Waals surface area contributed by atoms with Crippen LogP contribution in [0.4, 0.5) is 0 Å². The highest BCUT2D eigenvalue weighted by Gasteiger charge is 2.32. The number of piperazine rings is 1. The minimum Gasteiger partial charge on any atom is -0.481 e. The average molecular weight is 242 g/mol. The van der Waals surface area contributed by atoms with Crippen LogP contribution < -0.4 is 0 Å². The molecule has 1 heterocycles. The zero-order valence-electron chi connectivity index (χ0n) is 10.8. The first-order valence-electron chi connectivity index (χ1n) is 6.17. The predicted molar refractivity (Wildman–Crippen MR) is 64.8 cm³/mol. The number of likely N-dealkylation sites (N-methyl/N-ethyl adjacent to an activating group) is 1. The van der Waals surface area contributed by atoms with Gasteiger partial charge in [0.2, 0.25) is 5.91 Å². The maximum absolute atomic E-state index is 11.7. The number of aliphatic carboxylic acids is 1. The molecule has 1 fully saturated rings. The number of carboxylic acid groups (broad SMARTS) is 1. The molecule has 1 N–H and O–H groups in total. The summed E-state index contributed by atoms with van der Waals surface area (Å²) in [5.41, 5.74) is 0. The Bertz CT molecular complexity index is 293. The Kier molecular flexibility index (Phi) is 4.93. The van der Waals surface area contributed by atoms with Crippen molar-refractivity contribution in [1.82, 2.24) is 9.80 Å². The fourth-order valence-corrected chi connectivity index (χ4v) is 2.23. The summed E-state index contributed by atoms with van der Waals surface area (Å²) in [6.45, 7) is 5.22. The highest BCUT2D eigenvalue weighted by molar-refractivity contribution is 5.79. The van der Waals surface area contributed by atoms with Crippen LogP contribution in [-0.2, 0) is 9.59 Å². The lowest BCUT2D eigenvalue weighted by molar-refractivity contribution is -0.139. The highest BCUT2D eigenvalue weighted by atomic mass is 16.4. The molecule has 2 atom stereocenters. The maximum atomic E-state index is 11.7. The first-order valence-corrected chi connectivity index (χ1v) is 6.17. The second kappa shape index (κ2) is 6.00. The Morgan fingerprint density at radius 1 is 1.59 bits per heavy atom. The van der Waals surface area contributed by atoms with Gasteiger partial charge in [-0.3, -0.25) is 14.5 Å². The van der Waals surface area contributed by atoms with Crippen molar-refractivity contribution in [2.24, 2.45) is 0 Å². The summed E-state index contributed by atoms with van der Waals surface area (Å²) in [6.07, 6.45) is 1.75. The third kappa shape index (κ3) is 3.70. The van der Waals surface area contributed by atoms with Crippen LogP contribution in [0, 0.1) is 0 Å². The van der Waals surface area contributed by atoms with Gasteiger partial charge in [-0.2, -0.15) is 0 Å². The molecule has 1 rings (SSSR count). The van der Waals surface area contributed by atoms with E-state index >= 15 is 0 Å². The zero-order chi connectivity index (χ0) is 13.0. The first-order chi connectivity index (χ1) is 7.95. The van der Waals surface area contributed by atoms with E-state index in [0.29, 0.717) is 25.6 Å². The number of carbonyl (C=O) groups excluding carboxylic acids is 1. The molecular weight excluding hydrogens is 220 g/mol. The summed E-state index contributed by atoms with van der Waals surface area (Å²) in [7, 11) is 1.78. The van der Waals surface area contributed by atoms with Crippen molar-refractivity contribution >= 4 is 11.9 Å². The largest absolute Gasteiger partial charge is 0.481 e. The molecule has 0 aromatic heterocycles. The van der Waals surface area contributed by atoms with Crippen molar-refractivity contribution in [3.63, 3.8) is 0 Å². The summed E-state index contributed by atoms with van der Waals surface area (Å²) >= 11 is 0. The van der Waals surface area contributed by atoms with Crippen LogP contribution in [0.3, 0.4) is 0 Å². The molecule has 5 nitrogen and oxygen atoms in total. The van der Waals surface area contributed by atoms with Gasteiger partial charge >= 0.3 is 5.97 Å². The monoisotopic (exact) mass is 242 g/mol. The molecule has 0 bridgehead atoms. The van der Waals surface area contributed by atoms with Crippen molar-refractivity contribution in [2.75, 3.05) is 20.1 Å². The van der Waals surface area contributed by atoms with Gasteiger partial charge in [0.25, 0.3) is 0 Å². The lowest BCUT2D eigenvalue weighted by Crippen LogP contribution is -2.57. The number of hydrogen-bond donors (Lipinski definition) is 1. The topological polar surface area (TPSA) is 60.9 Å². The van der Waals surface area contributed by atoms with Gasteiger partial charge in [-0.15, -0.1) is 0 Å². The molecule has 98 valence electrons. The molecule has 1 saturated heterocycles. The SMILES string of the molecule is CCC(C)N1CC(=O)N(C)CC1CCC(=O)O. The average Bonchev–Trinajstić information content (AvgIpc) is 2.29. The van der Waals surface area contributed by atoms with Gasteiger partial charge in [-0.05, 0) is 19.8 Å². The minimum atomic E-state index is -0.770. The van der Waals surface area contributed by atoms with E-state index in [9.17, 15) is 9.59 Å². The Balaban J connectivity index is 2.67. The van der Waals surface area contributed by atoms with Gasteiger partial charge in [-0.25, -0.2) is 0 Å². The van der Waals surface area contributed by atoms with E-state index in [0.717, 1.165) is 6.42 Å². The van der Waals surface area contributed by atoms with E-state index in [2.05, 4.69) is 18.7 Å². The van der Waals surface area contributed by atoms with Gasteiger partial charge in [0.15, 0.2) is 0 Å². The molecule has 5 heteroatoms. The molecule has 0 spiro atoms. The Hall–Kier alpha value is -1.10. The fourth-order valence-electron chi connectivity index (χ4n) is 2.23. The lowest BCUT2D eigenvalue weighted by Gasteiger charge is -2.42. The van der Waals surface area contributed by atoms with Gasteiger partial charge in [0.1, 0.15) is 0 Å². The van der Waals surface area contributed by atoms with E-state index in [-0.39, 0.29) is 18.4 Å². The molecule has 0 radical (unpaired) electrons. The Morgan fingerprint density at radius 3 is 2.76 bits per heavy atom. The van der Waals surface area contributed by atoms with Gasteiger partial charge in [0, 0.05) is 32.1 Å². The van der Waals surface area contributed by atoms with E-state index in [1.54, 1.807) is 11.9 Å². The number of hydrogen-bond acceptors (Lipinski definition) is 3. The van der Waals surface area contributed by atoms with Crippen LogP contribution in [0.5, 0.6) is 0 Å². The number of carboxylic acids is 1. The van der Waals surface area contributed by atoms with Crippen molar-refractivity contribution < 1.29 is 14.7 Å². The van der Waals surface area contributed by atoms with Gasteiger partial charge in [-0.1, -0.05) is 6.92 Å². The lowest BCUT2D eigenvalue weighted by atomic mass is 10.0. The second-order valence-electron chi connectivity index (χ2n) is 4.79. The smallest absolute Gasteiger partial charge is 0.303 e. The van der Waals surface area contributed by atoms with E-state index < -0.39 is 5.97 Å². The molecule has 1 amide bonds. The van der Waals surface area contributed by atoms with Crippen LogP contribution in [-0.4, -0.2) is 59.0 Å². The van der Waals surface area contributed by atoms with E-state index in [1.165, 1.54) is 0 Å². The first kappa shape index (κ1) is 14.0. The van der Waals surface area contributed by atoms with Crippen LogP contribution in [0.15, 0.2) is 0 Å². The number of carbonyl (C=O) groups is 2. The molecule has 17 heavy (non-hydrogen) atoms. The Labute approximate surface area is 102 Å². The number of nitrogens with zero attached hydrogens (tertiary/aromatic N) is 2. The maximum Gasteiger partial charge on any atom is 0.303 e. The van der Waals surface area contributed by atoms with E-state index in [4.69, 9.17) is 5.11 Å². The third-order valence-corrected chi connectivity index (χ3v) is 3.55. The second-order valence-corrected chi connectivity index (χ2v) is 4.79. The molecule has 0 aromatic rings. The Morgan fingerprint density at radius 2 is 2.24 bits per heavy atom. The van der Waals surface area contributed by atoms with E-state index in [1.807, 2.05) is 0 Å².